The Morgan fingerprint density at radius 2 is 1.93 bits per heavy atom. The number of sulfone groups is 1. The minimum Gasteiger partial charge on any atom is -0.390 e. The quantitative estimate of drug-likeness (QED) is 0.736. The SMILES string of the molecule is CNC1CCC(O)(CCS(C)(=O)=O)CC1. The molecule has 5 heteroatoms. The molecule has 0 unspecified atom stereocenters. The molecule has 0 aromatic heterocycles. The summed E-state index contributed by atoms with van der Waals surface area (Å²) < 4.78 is 22.0. The predicted octanol–water partition coefficient (Wildman–Crippen LogP) is 0.314. The van der Waals surface area contributed by atoms with Crippen LogP contribution in [-0.2, 0) is 9.84 Å². The molecule has 0 amide bonds. The molecular formula is C10H21NO3S. The van der Waals surface area contributed by atoms with Gasteiger partial charge >= 0.3 is 0 Å². The smallest absolute Gasteiger partial charge is 0.147 e. The molecule has 0 heterocycles. The second-order valence-corrected chi connectivity index (χ2v) is 6.93. The van der Waals surface area contributed by atoms with Gasteiger partial charge < -0.3 is 10.4 Å². The van der Waals surface area contributed by atoms with E-state index in [0.717, 1.165) is 12.8 Å². The first-order valence-corrected chi connectivity index (χ1v) is 7.48. The van der Waals surface area contributed by atoms with Crippen LogP contribution in [0.2, 0.25) is 0 Å². The van der Waals surface area contributed by atoms with Gasteiger partial charge in [0, 0.05) is 12.3 Å². The van der Waals surface area contributed by atoms with E-state index in [-0.39, 0.29) is 5.75 Å². The summed E-state index contributed by atoms with van der Waals surface area (Å²) in [7, 11) is -1.03. The maximum Gasteiger partial charge on any atom is 0.147 e. The Balaban J connectivity index is 2.42. The highest BCUT2D eigenvalue weighted by atomic mass is 32.2. The Morgan fingerprint density at radius 3 is 2.33 bits per heavy atom. The third kappa shape index (κ3) is 4.49. The first kappa shape index (κ1) is 12.9. The van der Waals surface area contributed by atoms with Gasteiger partial charge in [0.05, 0.1) is 11.4 Å². The molecule has 0 aromatic carbocycles. The molecule has 0 spiro atoms. The van der Waals surface area contributed by atoms with Gasteiger partial charge in [0.25, 0.3) is 0 Å². The topological polar surface area (TPSA) is 66.4 Å². The van der Waals surface area contributed by atoms with Crippen LogP contribution < -0.4 is 5.32 Å². The fourth-order valence-corrected chi connectivity index (χ4v) is 2.82. The highest BCUT2D eigenvalue weighted by Crippen LogP contribution is 2.31. The number of rotatable bonds is 4. The molecule has 2 N–H and O–H groups in total. The lowest BCUT2D eigenvalue weighted by Gasteiger charge is -2.35. The van der Waals surface area contributed by atoms with E-state index in [0.29, 0.717) is 25.3 Å². The minimum atomic E-state index is -2.96. The van der Waals surface area contributed by atoms with Gasteiger partial charge in [-0.25, -0.2) is 8.42 Å². The van der Waals surface area contributed by atoms with Crippen LogP contribution in [0.5, 0.6) is 0 Å². The van der Waals surface area contributed by atoms with Gasteiger partial charge in [0.1, 0.15) is 9.84 Å². The van der Waals surface area contributed by atoms with Crippen LogP contribution in [0.4, 0.5) is 0 Å². The molecule has 1 aliphatic carbocycles. The largest absolute Gasteiger partial charge is 0.390 e. The van der Waals surface area contributed by atoms with Crippen molar-refractivity contribution in [3.63, 3.8) is 0 Å². The Bertz CT molecular complexity index is 292. The van der Waals surface area contributed by atoms with Crippen molar-refractivity contribution in [3.05, 3.63) is 0 Å². The number of hydrogen-bond acceptors (Lipinski definition) is 4. The standard InChI is InChI=1S/C10H21NO3S/c1-11-9-3-5-10(12,6-4-9)7-8-15(2,13)14/h9,11-12H,3-8H2,1-2H3. The van der Waals surface area contributed by atoms with E-state index >= 15 is 0 Å². The number of hydrogen-bond donors (Lipinski definition) is 2. The summed E-state index contributed by atoms with van der Waals surface area (Å²) in [6.45, 7) is 0. The Hall–Kier alpha value is -0.130. The van der Waals surface area contributed by atoms with Gasteiger partial charge in [-0.15, -0.1) is 0 Å². The van der Waals surface area contributed by atoms with Crippen molar-refractivity contribution in [1.82, 2.24) is 5.32 Å². The van der Waals surface area contributed by atoms with Crippen molar-refractivity contribution in [1.29, 1.82) is 0 Å². The van der Waals surface area contributed by atoms with Crippen LogP contribution in [-0.4, -0.2) is 44.2 Å². The summed E-state index contributed by atoms with van der Waals surface area (Å²) in [6, 6.07) is 0.475. The van der Waals surface area contributed by atoms with Crippen LogP contribution in [0.3, 0.4) is 0 Å². The zero-order valence-electron chi connectivity index (χ0n) is 9.49. The summed E-state index contributed by atoms with van der Waals surface area (Å²) in [5.74, 6) is 0.0910. The summed E-state index contributed by atoms with van der Waals surface area (Å²) >= 11 is 0. The zero-order chi connectivity index (χ0) is 11.5. The van der Waals surface area contributed by atoms with E-state index in [1.807, 2.05) is 7.05 Å². The minimum absolute atomic E-state index is 0.0910. The van der Waals surface area contributed by atoms with Gasteiger partial charge in [-0.3, -0.25) is 0 Å². The third-order valence-electron chi connectivity index (χ3n) is 3.26. The van der Waals surface area contributed by atoms with Gasteiger partial charge in [-0.2, -0.15) is 0 Å². The van der Waals surface area contributed by atoms with Crippen molar-refractivity contribution in [2.45, 2.75) is 43.7 Å². The van der Waals surface area contributed by atoms with Crippen LogP contribution in [0.25, 0.3) is 0 Å². The molecule has 0 saturated heterocycles. The number of nitrogens with one attached hydrogen (secondary N) is 1. The van der Waals surface area contributed by atoms with Crippen LogP contribution >= 0.6 is 0 Å². The highest BCUT2D eigenvalue weighted by Gasteiger charge is 2.33. The summed E-state index contributed by atoms with van der Waals surface area (Å²) in [5, 5.41) is 13.3. The predicted molar refractivity (Wildman–Crippen MR) is 60.6 cm³/mol. The first-order valence-electron chi connectivity index (χ1n) is 5.42. The van der Waals surface area contributed by atoms with E-state index in [1.165, 1.54) is 6.26 Å². The van der Waals surface area contributed by atoms with Gasteiger partial charge in [-0.1, -0.05) is 0 Å². The number of aliphatic hydroxyl groups is 1. The molecule has 0 aromatic rings. The average Bonchev–Trinajstić information content (AvgIpc) is 2.16. The van der Waals surface area contributed by atoms with E-state index in [9.17, 15) is 13.5 Å². The van der Waals surface area contributed by atoms with Crippen molar-refractivity contribution >= 4 is 9.84 Å². The molecule has 90 valence electrons. The van der Waals surface area contributed by atoms with E-state index in [2.05, 4.69) is 5.32 Å². The molecule has 1 saturated carbocycles. The molecule has 0 bridgehead atoms. The van der Waals surface area contributed by atoms with Crippen LogP contribution in [0.15, 0.2) is 0 Å². The van der Waals surface area contributed by atoms with Crippen molar-refractivity contribution in [2.75, 3.05) is 19.1 Å². The fourth-order valence-electron chi connectivity index (χ4n) is 2.07. The lowest BCUT2D eigenvalue weighted by atomic mass is 9.80. The molecule has 4 nitrogen and oxygen atoms in total. The van der Waals surface area contributed by atoms with Crippen molar-refractivity contribution in [3.8, 4) is 0 Å². The van der Waals surface area contributed by atoms with E-state index in [1.54, 1.807) is 0 Å². The molecule has 0 radical (unpaired) electrons. The second kappa shape index (κ2) is 4.80. The Labute approximate surface area is 92.0 Å². The monoisotopic (exact) mass is 235 g/mol. The molecule has 15 heavy (non-hydrogen) atoms. The highest BCUT2D eigenvalue weighted by molar-refractivity contribution is 7.90. The van der Waals surface area contributed by atoms with Crippen molar-refractivity contribution in [2.24, 2.45) is 0 Å². The second-order valence-electron chi connectivity index (χ2n) is 4.67. The lowest BCUT2D eigenvalue weighted by molar-refractivity contribution is -0.00539. The maximum atomic E-state index is 11.0. The average molecular weight is 235 g/mol. The van der Waals surface area contributed by atoms with Crippen LogP contribution in [0, 0.1) is 0 Å². The van der Waals surface area contributed by atoms with Gasteiger partial charge in [0.15, 0.2) is 0 Å². The normalized spacial score (nSPS) is 32.9. The van der Waals surface area contributed by atoms with E-state index < -0.39 is 15.4 Å². The molecule has 1 rings (SSSR count). The first-order chi connectivity index (χ1) is 6.85. The fraction of sp³-hybridized carbons (Fsp3) is 1.00. The zero-order valence-corrected chi connectivity index (χ0v) is 10.3. The van der Waals surface area contributed by atoms with Crippen molar-refractivity contribution < 1.29 is 13.5 Å². The Morgan fingerprint density at radius 1 is 1.40 bits per heavy atom. The third-order valence-corrected chi connectivity index (χ3v) is 4.21. The summed E-state index contributed by atoms with van der Waals surface area (Å²) in [4.78, 5) is 0. The molecule has 0 atom stereocenters. The lowest BCUT2D eigenvalue weighted by Crippen LogP contribution is -2.41. The molecular weight excluding hydrogens is 214 g/mol. The molecule has 1 fully saturated rings. The Kier molecular flexibility index (Phi) is 4.14. The van der Waals surface area contributed by atoms with Gasteiger partial charge in [0.2, 0.25) is 0 Å². The summed E-state index contributed by atoms with van der Waals surface area (Å²) in [5.41, 5.74) is -0.754. The van der Waals surface area contributed by atoms with E-state index in [4.69, 9.17) is 0 Å². The molecule has 0 aliphatic heterocycles. The van der Waals surface area contributed by atoms with Crippen LogP contribution in [0.1, 0.15) is 32.1 Å². The molecule has 1 aliphatic rings. The summed E-state index contributed by atoms with van der Waals surface area (Å²) in [6.07, 6.45) is 4.85. The van der Waals surface area contributed by atoms with Gasteiger partial charge in [-0.05, 0) is 39.2 Å². The maximum absolute atomic E-state index is 11.0.